The van der Waals surface area contributed by atoms with Gasteiger partial charge in [0, 0.05) is 11.4 Å². The number of aryl methyl sites for hydroxylation is 2. The van der Waals surface area contributed by atoms with Crippen molar-refractivity contribution in [1.82, 2.24) is 5.32 Å². The van der Waals surface area contributed by atoms with Crippen molar-refractivity contribution in [3.05, 3.63) is 77.4 Å². The van der Waals surface area contributed by atoms with Crippen LogP contribution in [0, 0.1) is 31.6 Å². The predicted molar refractivity (Wildman–Crippen MR) is 130 cm³/mol. The largest absolute Gasteiger partial charge is 0.480 e. The first-order valence-electron chi connectivity index (χ1n) is 11.6. The molecule has 0 bridgehead atoms. The maximum Gasteiger partial charge on any atom is 0.325 e. The monoisotopic (exact) mass is 456 g/mol. The molecule has 2 aliphatic rings. The van der Waals surface area contributed by atoms with Crippen LogP contribution in [0.1, 0.15) is 36.6 Å². The number of rotatable bonds is 4. The fraction of sp³-hybridized carbons (Fsp3) is 0.321. The number of nitrogens with zero attached hydrogens (tertiary/aromatic N) is 1. The minimum absolute atomic E-state index is 0.353. The van der Waals surface area contributed by atoms with Gasteiger partial charge in [-0.2, -0.15) is 0 Å². The summed E-state index contributed by atoms with van der Waals surface area (Å²) in [6.07, 6.45) is 0. The van der Waals surface area contributed by atoms with Crippen LogP contribution in [0.4, 0.5) is 5.69 Å². The van der Waals surface area contributed by atoms with Crippen molar-refractivity contribution in [2.24, 2.45) is 17.8 Å². The maximum atomic E-state index is 14.0. The van der Waals surface area contributed by atoms with Gasteiger partial charge in [-0.25, -0.2) is 4.90 Å². The zero-order valence-corrected chi connectivity index (χ0v) is 19.7. The van der Waals surface area contributed by atoms with Gasteiger partial charge in [0.05, 0.1) is 17.5 Å². The van der Waals surface area contributed by atoms with Crippen LogP contribution in [0.5, 0.6) is 0 Å². The van der Waals surface area contributed by atoms with E-state index in [0.717, 1.165) is 27.5 Å². The van der Waals surface area contributed by atoms with E-state index in [-0.39, 0.29) is 5.91 Å². The number of amides is 2. The molecule has 34 heavy (non-hydrogen) atoms. The summed E-state index contributed by atoms with van der Waals surface area (Å²) in [6.45, 7) is 7.50. The molecule has 4 atom stereocenters. The van der Waals surface area contributed by atoms with E-state index in [1.807, 2.05) is 68.4 Å². The van der Waals surface area contributed by atoms with Gasteiger partial charge in [0.1, 0.15) is 5.54 Å². The third-order valence-corrected chi connectivity index (χ3v) is 7.64. The second-order valence-corrected chi connectivity index (χ2v) is 9.82. The topological polar surface area (TPSA) is 86.7 Å². The Morgan fingerprint density at radius 1 is 1.00 bits per heavy atom. The number of carboxylic acids is 1. The van der Waals surface area contributed by atoms with Gasteiger partial charge in [-0.05, 0) is 42.3 Å². The lowest BCUT2D eigenvalue weighted by atomic mass is 9.73. The zero-order valence-electron chi connectivity index (χ0n) is 19.7. The molecule has 2 saturated heterocycles. The minimum atomic E-state index is -1.56. The standard InChI is InChI=1S/C28H28N2O4/c1-15(2)28(27(33)34)23-22(24(29-28)20-14-16(3)12-13-17(20)4)25(31)30(26(23)32)21-11-7-9-18-8-5-6-10-19(18)21/h5-15,22-24,29H,1-4H3,(H,33,34). The van der Waals surface area contributed by atoms with Crippen LogP contribution in [0.25, 0.3) is 10.8 Å². The van der Waals surface area contributed by atoms with Crippen molar-refractivity contribution >= 4 is 34.2 Å². The fourth-order valence-electron chi connectivity index (χ4n) is 5.92. The van der Waals surface area contributed by atoms with Gasteiger partial charge in [-0.15, -0.1) is 0 Å². The van der Waals surface area contributed by atoms with Crippen molar-refractivity contribution in [1.29, 1.82) is 0 Å². The Labute approximate surface area is 198 Å². The number of imide groups is 1. The molecule has 3 aromatic carbocycles. The number of fused-ring (bicyclic) bond motifs is 2. The van der Waals surface area contributed by atoms with Crippen LogP contribution in [-0.4, -0.2) is 28.4 Å². The number of hydrogen-bond donors (Lipinski definition) is 2. The molecule has 0 aliphatic carbocycles. The van der Waals surface area contributed by atoms with Gasteiger partial charge in [0.2, 0.25) is 11.8 Å². The van der Waals surface area contributed by atoms with Gasteiger partial charge in [-0.3, -0.25) is 19.7 Å². The number of aliphatic carboxylic acids is 1. The van der Waals surface area contributed by atoms with E-state index in [4.69, 9.17) is 0 Å². The van der Waals surface area contributed by atoms with Crippen LogP contribution in [0.2, 0.25) is 0 Å². The van der Waals surface area contributed by atoms with Gasteiger partial charge in [0.15, 0.2) is 0 Å². The third-order valence-electron chi connectivity index (χ3n) is 7.64. The highest BCUT2D eigenvalue weighted by molar-refractivity contribution is 6.26. The van der Waals surface area contributed by atoms with E-state index >= 15 is 0 Å². The molecular weight excluding hydrogens is 428 g/mol. The quantitative estimate of drug-likeness (QED) is 0.569. The molecule has 2 N–H and O–H groups in total. The normalized spacial score (nSPS) is 26.5. The fourth-order valence-corrected chi connectivity index (χ4v) is 5.92. The number of carbonyl (C=O) groups excluding carboxylic acids is 2. The highest BCUT2D eigenvalue weighted by atomic mass is 16.4. The molecule has 6 heteroatoms. The average Bonchev–Trinajstić information content (AvgIpc) is 3.30. The Hall–Kier alpha value is -3.51. The van der Waals surface area contributed by atoms with Gasteiger partial charge < -0.3 is 5.11 Å². The lowest BCUT2D eigenvalue weighted by Gasteiger charge is -2.35. The molecular formula is C28H28N2O4. The predicted octanol–water partition coefficient (Wildman–Crippen LogP) is 4.39. The Bertz CT molecular complexity index is 1340. The molecule has 2 aliphatic heterocycles. The summed E-state index contributed by atoms with van der Waals surface area (Å²) in [5, 5.41) is 15.4. The SMILES string of the molecule is Cc1ccc(C)c(C2NC(C(=O)O)(C(C)C)C3C(=O)N(c4cccc5ccccc45)C(=O)C23)c1. The number of anilines is 1. The number of nitrogens with one attached hydrogen (secondary N) is 1. The van der Waals surface area contributed by atoms with Crippen LogP contribution in [-0.2, 0) is 14.4 Å². The van der Waals surface area contributed by atoms with Crippen molar-refractivity contribution in [2.45, 2.75) is 39.3 Å². The summed E-state index contributed by atoms with van der Waals surface area (Å²) in [6, 6.07) is 18.5. The van der Waals surface area contributed by atoms with Crippen LogP contribution < -0.4 is 10.2 Å². The highest BCUT2D eigenvalue weighted by Crippen LogP contribution is 2.53. The van der Waals surface area contributed by atoms with Gasteiger partial charge >= 0.3 is 5.97 Å². The molecule has 0 spiro atoms. The van der Waals surface area contributed by atoms with E-state index in [9.17, 15) is 19.5 Å². The third kappa shape index (κ3) is 2.95. The number of carbonyl (C=O) groups is 3. The van der Waals surface area contributed by atoms with Gasteiger partial charge in [-0.1, -0.05) is 74.0 Å². The van der Waals surface area contributed by atoms with Crippen molar-refractivity contribution in [2.75, 3.05) is 4.90 Å². The van der Waals surface area contributed by atoms with Gasteiger partial charge in [0.25, 0.3) is 0 Å². The second-order valence-electron chi connectivity index (χ2n) is 9.82. The Morgan fingerprint density at radius 3 is 2.41 bits per heavy atom. The Morgan fingerprint density at radius 2 is 1.71 bits per heavy atom. The molecule has 0 saturated carbocycles. The van der Waals surface area contributed by atoms with Crippen LogP contribution in [0.15, 0.2) is 60.7 Å². The summed E-state index contributed by atoms with van der Waals surface area (Å²) in [4.78, 5) is 42.1. The minimum Gasteiger partial charge on any atom is -0.480 e. The first kappa shape index (κ1) is 22.3. The van der Waals surface area contributed by atoms with E-state index in [2.05, 4.69) is 5.32 Å². The summed E-state index contributed by atoms with van der Waals surface area (Å²) in [5.41, 5.74) is 1.78. The van der Waals surface area contributed by atoms with Crippen LogP contribution >= 0.6 is 0 Å². The number of benzene rings is 3. The van der Waals surface area contributed by atoms with Crippen molar-refractivity contribution in [3.8, 4) is 0 Å². The second kappa shape index (κ2) is 7.77. The average molecular weight is 457 g/mol. The zero-order chi connectivity index (χ0) is 24.4. The van der Waals surface area contributed by atoms with E-state index < -0.39 is 41.2 Å². The molecule has 0 aromatic heterocycles. The lowest BCUT2D eigenvalue weighted by Crippen LogP contribution is -2.59. The van der Waals surface area contributed by atoms with E-state index in [0.29, 0.717) is 5.69 Å². The lowest BCUT2D eigenvalue weighted by molar-refractivity contribution is -0.151. The summed E-state index contributed by atoms with van der Waals surface area (Å²) in [7, 11) is 0. The van der Waals surface area contributed by atoms with E-state index in [1.54, 1.807) is 19.9 Å². The molecule has 3 aromatic rings. The summed E-state index contributed by atoms with van der Waals surface area (Å²) in [5.74, 6) is -4.16. The molecule has 4 unspecified atom stereocenters. The first-order valence-corrected chi connectivity index (χ1v) is 11.6. The highest BCUT2D eigenvalue weighted by Gasteiger charge is 2.69. The molecule has 2 fully saturated rings. The molecule has 6 nitrogen and oxygen atoms in total. The maximum absolute atomic E-state index is 14.0. The molecule has 5 rings (SSSR count). The molecule has 2 heterocycles. The van der Waals surface area contributed by atoms with Crippen LogP contribution in [0.3, 0.4) is 0 Å². The number of carboxylic acid groups (broad SMARTS) is 1. The van der Waals surface area contributed by atoms with Crippen molar-refractivity contribution < 1.29 is 19.5 Å². The van der Waals surface area contributed by atoms with E-state index in [1.165, 1.54) is 4.90 Å². The first-order chi connectivity index (χ1) is 16.2. The molecule has 0 radical (unpaired) electrons. The summed E-state index contributed by atoms with van der Waals surface area (Å²) < 4.78 is 0. The Kier molecular flexibility index (Phi) is 5.10. The summed E-state index contributed by atoms with van der Waals surface area (Å²) >= 11 is 0. The molecule has 174 valence electrons. The Balaban J connectivity index is 1.73. The van der Waals surface area contributed by atoms with Crippen molar-refractivity contribution in [3.63, 3.8) is 0 Å². The smallest absolute Gasteiger partial charge is 0.325 e. The number of hydrogen-bond acceptors (Lipinski definition) is 4. The molecule has 2 amide bonds.